The Labute approximate surface area is 92.3 Å². The summed E-state index contributed by atoms with van der Waals surface area (Å²) in [7, 11) is 0. The van der Waals surface area contributed by atoms with E-state index in [1.54, 1.807) is 0 Å². The predicted octanol–water partition coefficient (Wildman–Crippen LogP) is 4.23. The van der Waals surface area contributed by atoms with Gasteiger partial charge in [-0.15, -0.1) is 23.2 Å². The van der Waals surface area contributed by atoms with Crippen LogP contribution in [-0.2, 0) is 0 Å². The molecule has 0 heterocycles. The fourth-order valence-electron chi connectivity index (χ4n) is 1.16. The third-order valence-corrected chi connectivity index (χ3v) is 2.13. The highest BCUT2D eigenvalue weighted by Gasteiger charge is 2.12. The molecule has 1 aromatic carbocycles. The maximum absolute atomic E-state index is 8.38. The Bertz CT molecular complexity index is 320. The summed E-state index contributed by atoms with van der Waals surface area (Å²) >= 11 is 11.3. The van der Waals surface area contributed by atoms with E-state index in [9.17, 15) is 0 Å². The Morgan fingerprint density at radius 2 is 1.93 bits per heavy atom. The monoisotopic (exact) mass is 229 g/mol. The largest absolute Gasteiger partial charge is 0.108 e. The average Bonchev–Trinajstić information content (AvgIpc) is 2.18. The van der Waals surface area contributed by atoms with Crippen molar-refractivity contribution >= 4 is 23.2 Å². The first kappa shape index (κ1) is 11.2. The molecule has 74 valence electrons. The summed E-state index contributed by atoms with van der Waals surface area (Å²) < 4.78 is 0. The maximum Gasteiger partial charge on any atom is 0.108 e. The van der Waals surface area contributed by atoms with Crippen LogP contribution in [-0.4, -0.2) is 4.84 Å². The van der Waals surface area contributed by atoms with Gasteiger partial charge in [-0.2, -0.15) is 0 Å². The molecule has 0 fully saturated rings. The van der Waals surface area contributed by atoms with Crippen LogP contribution in [0.5, 0.6) is 0 Å². The van der Waals surface area contributed by atoms with Gasteiger partial charge in [-0.25, -0.2) is 0 Å². The van der Waals surface area contributed by atoms with Crippen LogP contribution in [0, 0.1) is 0 Å². The lowest BCUT2D eigenvalue weighted by atomic mass is 10.1. The summed E-state index contributed by atoms with van der Waals surface area (Å²) in [5, 5.41) is 3.65. The van der Waals surface area contributed by atoms with Gasteiger partial charge in [-0.3, -0.25) is 0 Å². The Balaban J connectivity index is 2.83. The normalized spacial score (nSPS) is 12.2. The molecule has 0 amide bonds. The smallest absolute Gasteiger partial charge is 0.105 e. The summed E-state index contributed by atoms with van der Waals surface area (Å²) in [5.74, 6) is 0. The van der Waals surface area contributed by atoms with E-state index in [1.807, 2.05) is 30.3 Å². The standard InChI is InChI=1S/C9H9Cl2N3/c10-9(11)6-8(13-14-12)7-4-2-1-3-5-7/h1-5,8-9H,6H2. The number of benzene rings is 1. The van der Waals surface area contributed by atoms with Gasteiger partial charge in [0.15, 0.2) is 0 Å². The van der Waals surface area contributed by atoms with E-state index in [0.29, 0.717) is 6.42 Å². The summed E-state index contributed by atoms with van der Waals surface area (Å²) in [5.41, 5.74) is 9.31. The Morgan fingerprint density at radius 3 is 2.43 bits per heavy atom. The van der Waals surface area contributed by atoms with Crippen molar-refractivity contribution in [3.63, 3.8) is 0 Å². The number of nitrogens with zero attached hydrogens (tertiary/aromatic N) is 3. The molecule has 0 saturated carbocycles. The number of halogens is 2. The van der Waals surface area contributed by atoms with Gasteiger partial charge in [0.05, 0.1) is 6.04 Å². The lowest BCUT2D eigenvalue weighted by Crippen LogP contribution is -1.99. The van der Waals surface area contributed by atoms with E-state index in [0.717, 1.165) is 5.56 Å². The molecule has 3 nitrogen and oxygen atoms in total. The molecule has 5 heteroatoms. The minimum Gasteiger partial charge on any atom is -0.105 e. The van der Waals surface area contributed by atoms with Gasteiger partial charge in [0.1, 0.15) is 4.84 Å². The fraction of sp³-hybridized carbons (Fsp3) is 0.333. The molecule has 0 aliphatic rings. The summed E-state index contributed by atoms with van der Waals surface area (Å²) in [6, 6.07) is 9.14. The van der Waals surface area contributed by atoms with Gasteiger partial charge in [-0.1, -0.05) is 35.4 Å². The number of azide groups is 1. The highest BCUT2D eigenvalue weighted by Crippen LogP contribution is 2.26. The van der Waals surface area contributed by atoms with Crippen molar-refractivity contribution in [1.29, 1.82) is 0 Å². The molecule has 0 radical (unpaired) electrons. The van der Waals surface area contributed by atoms with E-state index >= 15 is 0 Å². The van der Waals surface area contributed by atoms with Crippen molar-refractivity contribution in [2.45, 2.75) is 17.3 Å². The molecule has 1 unspecified atom stereocenters. The van der Waals surface area contributed by atoms with Crippen LogP contribution in [0.15, 0.2) is 35.4 Å². The molecule has 0 aromatic heterocycles. The molecule has 0 spiro atoms. The second kappa shape index (κ2) is 5.76. The van der Waals surface area contributed by atoms with Crippen LogP contribution in [0.2, 0.25) is 0 Å². The van der Waals surface area contributed by atoms with Crippen LogP contribution in [0.1, 0.15) is 18.0 Å². The molecule has 0 bridgehead atoms. The topological polar surface area (TPSA) is 48.8 Å². The van der Waals surface area contributed by atoms with Crippen molar-refractivity contribution in [1.82, 2.24) is 0 Å². The van der Waals surface area contributed by atoms with Crippen molar-refractivity contribution in [3.05, 3.63) is 46.3 Å². The summed E-state index contributed by atoms with van der Waals surface area (Å²) in [6.07, 6.45) is 0.428. The van der Waals surface area contributed by atoms with Crippen LogP contribution in [0.25, 0.3) is 10.4 Å². The van der Waals surface area contributed by atoms with Crippen LogP contribution in [0.4, 0.5) is 0 Å². The second-order valence-corrected chi connectivity index (χ2v) is 4.04. The van der Waals surface area contributed by atoms with Crippen molar-refractivity contribution < 1.29 is 0 Å². The lowest BCUT2D eigenvalue weighted by Gasteiger charge is -2.11. The second-order valence-electron chi connectivity index (χ2n) is 2.76. The third-order valence-electron chi connectivity index (χ3n) is 1.78. The van der Waals surface area contributed by atoms with Gasteiger partial charge in [-0.05, 0) is 17.5 Å². The van der Waals surface area contributed by atoms with Crippen LogP contribution in [0.3, 0.4) is 0 Å². The first-order chi connectivity index (χ1) is 6.74. The Kier molecular flexibility index (Phi) is 4.60. The van der Waals surface area contributed by atoms with Crippen LogP contribution >= 0.6 is 23.2 Å². The number of rotatable bonds is 4. The predicted molar refractivity (Wildman–Crippen MR) is 58.4 cm³/mol. The zero-order valence-electron chi connectivity index (χ0n) is 7.35. The summed E-state index contributed by atoms with van der Waals surface area (Å²) in [4.78, 5) is 2.25. The van der Waals surface area contributed by atoms with Gasteiger partial charge in [0.25, 0.3) is 0 Å². The van der Waals surface area contributed by atoms with Gasteiger partial charge in [0, 0.05) is 4.91 Å². The average molecular weight is 230 g/mol. The molecule has 0 saturated heterocycles. The lowest BCUT2D eigenvalue weighted by molar-refractivity contribution is 0.680. The fourth-order valence-corrected chi connectivity index (χ4v) is 1.49. The van der Waals surface area contributed by atoms with E-state index in [1.165, 1.54) is 0 Å². The molecule has 1 aromatic rings. The molecule has 1 atom stereocenters. The molecule has 0 N–H and O–H groups in total. The minimum absolute atomic E-state index is 0.291. The molecule has 0 aliphatic carbocycles. The van der Waals surface area contributed by atoms with Crippen molar-refractivity contribution in [3.8, 4) is 0 Å². The van der Waals surface area contributed by atoms with Gasteiger partial charge < -0.3 is 0 Å². The number of hydrogen-bond donors (Lipinski definition) is 0. The molecule has 1 rings (SSSR count). The molecular formula is C9H9Cl2N3. The molecular weight excluding hydrogens is 221 g/mol. The van der Waals surface area contributed by atoms with Crippen molar-refractivity contribution in [2.75, 3.05) is 0 Å². The number of hydrogen-bond acceptors (Lipinski definition) is 1. The third kappa shape index (κ3) is 3.46. The van der Waals surface area contributed by atoms with E-state index < -0.39 is 4.84 Å². The summed E-state index contributed by atoms with van der Waals surface area (Å²) in [6.45, 7) is 0. The van der Waals surface area contributed by atoms with Crippen LogP contribution < -0.4 is 0 Å². The molecule has 0 aliphatic heterocycles. The first-order valence-corrected chi connectivity index (χ1v) is 4.98. The van der Waals surface area contributed by atoms with E-state index in [-0.39, 0.29) is 6.04 Å². The highest BCUT2D eigenvalue weighted by atomic mass is 35.5. The highest BCUT2D eigenvalue weighted by molar-refractivity contribution is 6.44. The van der Waals surface area contributed by atoms with Gasteiger partial charge >= 0.3 is 0 Å². The Hall–Kier alpha value is -0.890. The quantitative estimate of drug-likeness (QED) is 0.321. The van der Waals surface area contributed by atoms with Crippen molar-refractivity contribution in [2.24, 2.45) is 5.11 Å². The Morgan fingerprint density at radius 1 is 1.29 bits per heavy atom. The van der Waals surface area contributed by atoms with E-state index in [4.69, 9.17) is 28.7 Å². The van der Waals surface area contributed by atoms with E-state index in [2.05, 4.69) is 10.0 Å². The zero-order valence-corrected chi connectivity index (χ0v) is 8.86. The maximum atomic E-state index is 8.38. The first-order valence-electron chi connectivity index (χ1n) is 4.11. The zero-order chi connectivity index (χ0) is 10.4. The number of alkyl halides is 2. The van der Waals surface area contributed by atoms with Gasteiger partial charge in [0.2, 0.25) is 0 Å². The SMILES string of the molecule is [N-]=[N+]=NC(CC(Cl)Cl)c1ccccc1. The minimum atomic E-state index is -0.522. The molecule has 14 heavy (non-hydrogen) atoms.